The number of nitrogens with two attached hydrogens (primary N) is 1. The molecule has 18 heavy (non-hydrogen) atoms. The van der Waals surface area contributed by atoms with E-state index < -0.39 is 0 Å². The summed E-state index contributed by atoms with van der Waals surface area (Å²) in [6.45, 7) is 0.518. The number of benzene rings is 1. The maximum absolute atomic E-state index is 5.81. The van der Waals surface area contributed by atoms with Crippen LogP contribution in [0.2, 0.25) is 0 Å². The Morgan fingerprint density at radius 3 is 2.61 bits per heavy atom. The first kappa shape index (κ1) is 12.8. The van der Waals surface area contributed by atoms with E-state index in [9.17, 15) is 0 Å². The van der Waals surface area contributed by atoms with Crippen LogP contribution in [0.5, 0.6) is 5.75 Å². The summed E-state index contributed by atoms with van der Waals surface area (Å²) in [7, 11) is 3.46. The highest BCUT2D eigenvalue weighted by atomic mass is 32.2. The van der Waals surface area contributed by atoms with E-state index in [-0.39, 0.29) is 5.25 Å². The number of hydrogen-bond donors (Lipinski definition) is 1. The van der Waals surface area contributed by atoms with Crippen LogP contribution in [-0.4, -0.2) is 33.9 Å². The summed E-state index contributed by atoms with van der Waals surface area (Å²) in [5, 5.41) is 12.2. The van der Waals surface area contributed by atoms with Crippen molar-refractivity contribution in [2.24, 2.45) is 12.8 Å². The molecule has 2 aromatic rings. The molecule has 6 nitrogen and oxygen atoms in total. The molecule has 0 saturated carbocycles. The lowest BCUT2D eigenvalue weighted by Crippen LogP contribution is -2.10. The molecule has 0 spiro atoms. The molecule has 0 aliphatic heterocycles. The zero-order chi connectivity index (χ0) is 13.0. The summed E-state index contributed by atoms with van der Waals surface area (Å²) in [5.41, 5.74) is 6.94. The predicted octanol–water partition coefficient (Wildman–Crippen LogP) is 1.01. The van der Waals surface area contributed by atoms with Crippen LogP contribution < -0.4 is 10.5 Å². The fraction of sp³-hybridized carbons (Fsp3) is 0.364. The van der Waals surface area contributed by atoms with Gasteiger partial charge in [0.25, 0.3) is 0 Å². The molecule has 0 amide bonds. The highest BCUT2D eigenvalue weighted by Gasteiger charge is 2.15. The number of tetrazole rings is 1. The molecule has 1 heterocycles. The topological polar surface area (TPSA) is 78.8 Å². The van der Waals surface area contributed by atoms with Gasteiger partial charge in [0.05, 0.1) is 7.11 Å². The molecule has 0 aliphatic carbocycles. The van der Waals surface area contributed by atoms with E-state index >= 15 is 0 Å². The third-order valence-corrected chi connectivity index (χ3v) is 3.84. The monoisotopic (exact) mass is 265 g/mol. The van der Waals surface area contributed by atoms with Gasteiger partial charge in [-0.25, -0.2) is 4.68 Å². The molecule has 0 aliphatic rings. The Kier molecular flexibility index (Phi) is 4.16. The number of hydrogen-bond acceptors (Lipinski definition) is 6. The number of aryl methyl sites for hydroxylation is 1. The van der Waals surface area contributed by atoms with Crippen molar-refractivity contribution >= 4 is 11.8 Å². The molecule has 0 saturated heterocycles. The van der Waals surface area contributed by atoms with Crippen LogP contribution in [0.3, 0.4) is 0 Å². The van der Waals surface area contributed by atoms with E-state index in [2.05, 4.69) is 15.5 Å². The summed E-state index contributed by atoms with van der Waals surface area (Å²) < 4.78 is 6.77. The maximum atomic E-state index is 5.81. The Morgan fingerprint density at radius 1 is 1.39 bits per heavy atom. The molecular formula is C11H15N5OS. The predicted molar refractivity (Wildman–Crippen MR) is 69.4 cm³/mol. The van der Waals surface area contributed by atoms with Crippen LogP contribution in [0, 0.1) is 0 Å². The van der Waals surface area contributed by atoms with E-state index in [0.717, 1.165) is 16.5 Å². The normalized spacial score (nSPS) is 12.4. The molecule has 2 rings (SSSR count). The fourth-order valence-corrected chi connectivity index (χ4v) is 2.44. The van der Waals surface area contributed by atoms with E-state index in [4.69, 9.17) is 10.5 Å². The van der Waals surface area contributed by atoms with E-state index in [0.29, 0.717) is 6.54 Å². The van der Waals surface area contributed by atoms with Gasteiger partial charge in [0.1, 0.15) is 5.75 Å². The van der Waals surface area contributed by atoms with Gasteiger partial charge in [0.2, 0.25) is 5.16 Å². The Balaban J connectivity index is 2.15. The lowest BCUT2D eigenvalue weighted by Gasteiger charge is -2.13. The van der Waals surface area contributed by atoms with E-state index in [1.807, 2.05) is 31.3 Å². The summed E-state index contributed by atoms with van der Waals surface area (Å²) in [4.78, 5) is 0. The molecule has 1 aromatic heterocycles. The van der Waals surface area contributed by atoms with Crippen LogP contribution >= 0.6 is 11.8 Å². The van der Waals surface area contributed by atoms with Gasteiger partial charge >= 0.3 is 0 Å². The second kappa shape index (κ2) is 5.83. The van der Waals surface area contributed by atoms with Crippen LogP contribution in [-0.2, 0) is 7.05 Å². The van der Waals surface area contributed by atoms with Gasteiger partial charge in [-0.05, 0) is 28.1 Å². The Labute approximate surface area is 110 Å². The largest absolute Gasteiger partial charge is 0.497 e. The Hall–Kier alpha value is -1.60. The quantitative estimate of drug-likeness (QED) is 0.813. The standard InChI is InChI=1S/C11H15N5OS/c1-16-11(13-14-15-16)18-10(7-12)8-3-5-9(17-2)6-4-8/h3-6,10H,7,12H2,1-2H3. The third kappa shape index (κ3) is 2.80. The molecule has 96 valence electrons. The minimum atomic E-state index is 0.126. The number of ether oxygens (including phenoxy) is 1. The minimum Gasteiger partial charge on any atom is -0.497 e. The van der Waals surface area contributed by atoms with Gasteiger partial charge in [-0.15, -0.1) is 5.10 Å². The second-order valence-corrected chi connectivity index (χ2v) is 4.87. The number of aromatic nitrogens is 4. The van der Waals surface area contributed by atoms with Crippen molar-refractivity contribution in [3.63, 3.8) is 0 Å². The van der Waals surface area contributed by atoms with E-state index in [1.54, 1.807) is 23.6 Å². The molecule has 0 fully saturated rings. The molecule has 1 aromatic carbocycles. The van der Waals surface area contributed by atoms with Gasteiger partial charge in [0, 0.05) is 18.8 Å². The first-order valence-electron chi connectivity index (χ1n) is 5.47. The van der Waals surface area contributed by atoms with Crippen molar-refractivity contribution in [1.29, 1.82) is 0 Å². The van der Waals surface area contributed by atoms with Gasteiger partial charge in [-0.3, -0.25) is 0 Å². The summed E-state index contributed by atoms with van der Waals surface area (Å²) in [6.07, 6.45) is 0. The zero-order valence-corrected chi connectivity index (χ0v) is 11.1. The van der Waals surface area contributed by atoms with Gasteiger partial charge in [0.15, 0.2) is 0 Å². The van der Waals surface area contributed by atoms with Gasteiger partial charge in [-0.2, -0.15) is 0 Å². The Bertz CT molecular complexity index is 498. The first-order valence-corrected chi connectivity index (χ1v) is 6.35. The average Bonchev–Trinajstić information content (AvgIpc) is 2.81. The van der Waals surface area contributed by atoms with Crippen LogP contribution in [0.4, 0.5) is 0 Å². The molecule has 0 radical (unpaired) electrons. The fourth-order valence-electron chi connectivity index (χ4n) is 1.52. The first-order chi connectivity index (χ1) is 8.74. The SMILES string of the molecule is COc1ccc(C(CN)Sc2nnnn2C)cc1. The van der Waals surface area contributed by atoms with E-state index in [1.165, 1.54) is 0 Å². The second-order valence-electron chi connectivity index (χ2n) is 3.70. The van der Waals surface area contributed by atoms with Crippen molar-refractivity contribution < 1.29 is 4.74 Å². The van der Waals surface area contributed by atoms with Crippen LogP contribution in [0.1, 0.15) is 10.8 Å². The minimum absolute atomic E-state index is 0.126. The van der Waals surface area contributed by atoms with Crippen molar-refractivity contribution in [3.05, 3.63) is 29.8 Å². The van der Waals surface area contributed by atoms with Crippen LogP contribution in [0.15, 0.2) is 29.4 Å². The van der Waals surface area contributed by atoms with Gasteiger partial charge in [-0.1, -0.05) is 23.9 Å². The summed E-state index contributed by atoms with van der Waals surface area (Å²) >= 11 is 1.55. The lowest BCUT2D eigenvalue weighted by molar-refractivity contribution is 0.414. The summed E-state index contributed by atoms with van der Waals surface area (Å²) in [5.74, 6) is 0.833. The molecule has 1 atom stereocenters. The Morgan fingerprint density at radius 2 is 2.11 bits per heavy atom. The number of methoxy groups -OCH3 is 1. The van der Waals surface area contributed by atoms with Crippen molar-refractivity contribution in [3.8, 4) is 5.75 Å². The third-order valence-electron chi connectivity index (χ3n) is 2.53. The molecule has 1 unspecified atom stereocenters. The molecular weight excluding hydrogens is 250 g/mol. The summed E-state index contributed by atoms with van der Waals surface area (Å²) in [6, 6.07) is 7.86. The zero-order valence-electron chi connectivity index (χ0n) is 10.3. The number of nitrogens with zero attached hydrogens (tertiary/aromatic N) is 4. The highest BCUT2D eigenvalue weighted by Crippen LogP contribution is 2.33. The number of rotatable bonds is 5. The smallest absolute Gasteiger partial charge is 0.209 e. The van der Waals surface area contributed by atoms with Crippen molar-refractivity contribution in [1.82, 2.24) is 20.2 Å². The van der Waals surface area contributed by atoms with Gasteiger partial charge < -0.3 is 10.5 Å². The van der Waals surface area contributed by atoms with Crippen molar-refractivity contribution in [2.75, 3.05) is 13.7 Å². The lowest BCUT2D eigenvalue weighted by atomic mass is 10.1. The molecule has 2 N–H and O–H groups in total. The maximum Gasteiger partial charge on any atom is 0.209 e. The highest BCUT2D eigenvalue weighted by molar-refractivity contribution is 7.99. The van der Waals surface area contributed by atoms with Crippen molar-refractivity contribution in [2.45, 2.75) is 10.4 Å². The van der Waals surface area contributed by atoms with Crippen LogP contribution in [0.25, 0.3) is 0 Å². The molecule has 7 heteroatoms. The average molecular weight is 265 g/mol. The number of thioether (sulfide) groups is 1. The molecule has 0 bridgehead atoms.